The van der Waals surface area contributed by atoms with Crippen LogP contribution in [0.2, 0.25) is 5.02 Å². The monoisotopic (exact) mass is 671 g/mol. The van der Waals surface area contributed by atoms with Gasteiger partial charge in [-0.05, 0) is 92.8 Å². The molecule has 1 saturated carbocycles. The summed E-state index contributed by atoms with van der Waals surface area (Å²) in [6, 6.07) is 17.6. The van der Waals surface area contributed by atoms with Crippen LogP contribution in [0.25, 0.3) is 10.9 Å². The van der Waals surface area contributed by atoms with Crippen LogP contribution in [0.5, 0.6) is 5.75 Å². The number of aryl methyl sites for hydroxylation is 3. The van der Waals surface area contributed by atoms with E-state index in [0.717, 1.165) is 60.6 Å². The molecule has 1 aromatic heterocycles. The van der Waals surface area contributed by atoms with E-state index < -0.39 is 26.0 Å². The fraction of sp³-hybridized carbons (Fsp3) is 0.364. The predicted octanol–water partition coefficient (Wildman–Crippen LogP) is 6.50. The van der Waals surface area contributed by atoms with Gasteiger partial charge in [0.05, 0.1) is 16.4 Å². The molecule has 0 bridgehead atoms. The molecule has 1 amide bonds. The number of hydrogen-bond donors (Lipinski definition) is 2. The Labute approximate surface area is 270 Å². The lowest BCUT2D eigenvalue weighted by atomic mass is 10.1. The van der Waals surface area contributed by atoms with E-state index in [1.165, 1.54) is 24.3 Å². The van der Waals surface area contributed by atoms with Gasteiger partial charge in [-0.25, -0.2) is 26.3 Å². The van der Waals surface area contributed by atoms with Gasteiger partial charge in [0.2, 0.25) is 10.0 Å². The number of benzene rings is 3. The van der Waals surface area contributed by atoms with Gasteiger partial charge in [0.1, 0.15) is 11.4 Å². The van der Waals surface area contributed by atoms with E-state index in [1.807, 2.05) is 50.2 Å². The summed E-state index contributed by atoms with van der Waals surface area (Å²) in [5.41, 5.74) is 2.82. The Hall–Kier alpha value is -3.38. The standard InChI is InChI=1S/C33H38ClN3O6S2/c1-23-20-27(21-24(2)32(23)34)43-19-9-18-37-30-13-8-7-10-25(30)22-31(37)33(38)36-45(41,42)29-16-14-28(15-17-29)44(39,40)35-26-11-5-3-4-6-12-26/h7-8,10,13-17,20-22,26,35H,3-6,9,11-12,18-19H2,1-2H3,(H,36,38). The van der Waals surface area contributed by atoms with E-state index in [1.54, 1.807) is 10.6 Å². The van der Waals surface area contributed by atoms with E-state index in [-0.39, 0.29) is 21.5 Å². The van der Waals surface area contributed by atoms with Crippen molar-refractivity contribution in [3.05, 3.63) is 88.6 Å². The summed E-state index contributed by atoms with van der Waals surface area (Å²) < 4.78 is 65.0. The molecule has 12 heteroatoms. The number of para-hydroxylation sites is 1. The van der Waals surface area contributed by atoms with Crippen LogP contribution in [0.4, 0.5) is 0 Å². The highest BCUT2D eigenvalue weighted by molar-refractivity contribution is 7.90. The van der Waals surface area contributed by atoms with Crippen molar-refractivity contribution in [3.63, 3.8) is 0 Å². The molecule has 9 nitrogen and oxygen atoms in total. The number of ether oxygens (including phenoxy) is 1. The SMILES string of the molecule is Cc1cc(OCCCn2c(C(=O)NS(=O)(=O)c3ccc(S(=O)(=O)NC4CCCCCC4)cc3)cc3ccccc32)cc(C)c1Cl. The molecular formula is C33H38ClN3O6S2. The maximum absolute atomic E-state index is 13.4. The van der Waals surface area contributed by atoms with Crippen molar-refractivity contribution in [2.24, 2.45) is 0 Å². The number of sulfonamides is 2. The van der Waals surface area contributed by atoms with Gasteiger partial charge in [0.25, 0.3) is 15.9 Å². The first-order chi connectivity index (χ1) is 21.4. The van der Waals surface area contributed by atoms with Gasteiger partial charge in [-0.15, -0.1) is 0 Å². The Bertz CT molecular complexity index is 1870. The molecule has 5 rings (SSSR count). The molecular weight excluding hydrogens is 634 g/mol. The molecule has 1 heterocycles. The number of carbonyl (C=O) groups excluding carboxylic acids is 1. The largest absolute Gasteiger partial charge is 0.494 e. The third-order valence-corrected chi connectivity index (χ3v) is 11.6. The Morgan fingerprint density at radius 2 is 1.47 bits per heavy atom. The van der Waals surface area contributed by atoms with Crippen LogP contribution in [-0.2, 0) is 26.6 Å². The number of nitrogens with one attached hydrogen (secondary N) is 2. The number of halogens is 1. The lowest BCUT2D eigenvalue weighted by molar-refractivity contribution is 0.0972. The van der Waals surface area contributed by atoms with Crippen molar-refractivity contribution in [1.29, 1.82) is 0 Å². The molecule has 0 unspecified atom stereocenters. The first-order valence-corrected chi connectivity index (χ1v) is 18.5. The van der Waals surface area contributed by atoms with E-state index in [9.17, 15) is 21.6 Å². The fourth-order valence-corrected chi connectivity index (χ4v) is 8.13. The van der Waals surface area contributed by atoms with Crippen molar-refractivity contribution in [2.75, 3.05) is 6.61 Å². The maximum atomic E-state index is 13.4. The van der Waals surface area contributed by atoms with Crippen molar-refractivity contribution >= 4 is 48.5 Å². The summed E-state index contributed by atoms with van der Waals surface area (Å²) in [7, 11) is -8.10. The average Bonchev–Trinajstić information content (AvgIpc) is 3.18. The molecule has 240 valence electrons. The topological polar surface area (TPSA) is 124 Å². The van der Waals surface area contributed by atoms with E-state index in [2.05, 4.69) is 9.44 Å². The minimum Gasteiger partial charge on any atom is -0.494 e. The van der Waals surface area contributed by atoms with Crippen LogP contribution in [0, 0.1) is 13.8 Å². The molecule has 1 fully saturated rings. The predicted molar refractivity (Wildman–Crippen MR) is 176 cm³/mol. The molecule has 0 radical (unpaired) electrons. The van der Waals surface area contributed by atoms with Crippen LogP contribution in [0.1, 0.15) is 66.6 Å². The zero-order valence-electron chi connectivity index (χ0n) is 25.4. The highest BCUT2D eigenvalue weighted by Crippen LogP contribution is 2.27. The Kier molecular flexibility index (Phi) is 10.2. The fourth-order valence-electron chi connectivity index (χ4n) is 5.76. The maximum Gasteiger partial charge on any atom is 0.281 e. The van der Waals surface area contributed by atoms with Crippen LogP contribution < -0.4 is 14.2 Å². The summed E-state index contributed by atoms with van der Waals surface area (Å²) in [6.45, 7) is 4.61. The summed E-state index contributed by atoms with van der Waals surface area (Å²) in [5.74, 6) is -0.0855. The van der Waals surface area contributed by atoms with Gasteiger partial charge in [-0.2, -0.15) is 0 Å². The van der Waals surface area contributed by atoms with Crippen molar-refractivity contribution in [2.45, 2.75) is 81.2 Å². The third kappa shape index (κ3) is 7.89. The second-order valence-corrected chi connectivity index (χ2v) is 15.3. The Morgan fingerprint density at radius 1 is 0.867 bits per heavy atom. The van der Waals surface area contributed by atoms with Gasteiger partial charge >= 0.3 is 0 Å². The van der Waals surface area contributed by atoms with Crippen molar-refractivity contribution in [1.82, 2.24) is 14.0 Å². The number of aromatic nitrogens is 1. The van der Waals surface area contributed by atoms with Gasteiger partial charge in [-0.3, -0.25) is 4.79 Å². The first-order valence-electron chi connectivity index (χ1n) is 15.1. The van der Waals surface area contributed by atoms with E-state index in [4.69, 9.17) is 16.3 Å². The van der Waals surface area contributed by atoms with Gasteiger partial charge in [-0.1, -0.05) is 55.5 Å². The Morgan fingerprint density at radius 3 is 2.11 bits per heavy atom. The van der Waals surface area contributed by atoms with Crippen molar-refractivity contribution in [3.8, 4) is 5.75 Å². The minimum absolute atomic E-state index is 0.0247. The summed E-state index contributed by atoms with van der Waals surface area (Å²) in [6.07, 6.45) is 6.24. The lowest BCUT2D eigenvalue weighted by Crippen LogP contribution is -2.34. The summed E-state index contributed by atoms with van der Waals surface area (Å²) in [5, 5.41) is 1.50. The number of hydrogen-bond acceptors (Lipinski definition) is 6. The number of carbonyl (C=O) groups is 1. The lowest BCUT2D eigenvalue weighted by Gasteiger charge is -2.16. The number of amides is 1. The average molecular weight is 672 g/mol. The first kappa shape index (κ1) is 33.0. The highest BCUT2D eigenvalue weighted by atomic mass is 35.5. The third-order valence-electron chi connectivity index (χ3n) is 8.10. The van der Waals surface area contributed by atoms with Crippen LogP contribution in [0.3, 0.4) is 0 Å². The van der Waals surface area contributed by atoms with E-state index in [0.29, 0.717) is 30.3 Å². The van der Waals surface area contributed by atoms with Gasteiger partial charge in [0.15, 0.2) is 0 Å². The second-order valence-electron chi connectivity index (χ2n) is 11.5. The number of fused-ring (bicyclic) bond motifs is 1. The Balaban J connectivity index is 1.28. The van der Waals surface area contributed by atoms with Crippen LogP contribution in [-0.4, -0.2) is 40.0 Å². The van der Waals surface area contributed by atoms with Crippen LogP contribution in [0.15, 0.2) is 76.5 Å². The summed E-state index contributed by atoms with van der Waals surface area (Å²) in [4.78, 5) is 13.2. The molecule has 1 aliphatic rings. The quantitative estimate of drug-likeness (QED) is 0.139. The molecule has 45 heavy (non-hydrogen) atoms. The zero-order valence-corrected chi connectivity index (χ0v) is 27.8. The molecule has 0 saturated heterocycles. The minimum atomic E-state index is -4.29. The number of nitrogens with zero attached hydrogens (tertiary/aromatic N) is 1. The van der Waals surface area contributed by atoms with E-state index >= 15 is 0 Å². The van der Waals surface area contributed by atoms with Gasteiger partial charge in [0, 0.05) is 28.5 Å². The van der Waals surface area contributed by atoms with Crippen molar-refractivity contribution < 1.29 is 26.4 Å². The molecule has 0 atom stereocenters. The smallest absolute Gasteiger partial charge is 0.281 e. The second kappa shape index (κ2) is 13.9. The highest BCUT2D eigenvalue weighted by Gasteiger charge is 2.25. The summed E-state index contributed by atoms with van der Waals surface area (Å²) >= 11 is 6.26. The molecule has 0 spiro atoms. The number of rotatable bonds is 11. The molecule has 4 aromatic rings. The zero-order chi connectivity index (χ0) is 32.2. The normalized spacial score (nSPS) is 14.7. The van der Waals surface area contributed by atoms with Crippen LogP contribution >= 0.6 is 11.6 Å². The molecule has 2 N–H and O–H groups in total. The van der Waals surface area contributed by atoms with Gasteiger partial charge < -0.3 is 9.30 Å². The molecule has 3 aromatic carbocycles. The molecule has 0 aliphatic heterocycles. The molecule has 1 aliphatic carbocycles.